The Hall–Kier alpha value is -2.63. The molecule has 1 aromatic carbocycles. The largest absolute Gasteiger partial charge is 0.480 e. The zero-order valence-electron chi connectivity index (χ0n) is 19.8. The quantitative estimate of drug-likeness (QED) is 0.195. The highest BCUT2D eigenvalue weighted by Gasteiger charge is 2.30. The van der Waals surface area contributed by atoms with Crippen LogP contribution in [0.3, 0.4) is 0 Å². The molecule has 34 heavy (non-hydrogen) atoms. The van der Waals surface area contributed by atoms with E-state index in [4.69, 9.17) is 5.73 Å². The summed E-state index contributed by atoms with van der Waals surface area (Å²) >= 11 is 1.43. The minimum atomic E-state index is -1.39. The third kappa shape index (κ3) is 10.5. The van der Waals surface area contributed by atoms with Crippen molar-refractivity contribution in [3.63, 3.8) is 0 Å². The van der Waals surface area contributed by atoms with E-state index in [1.807, 2.05) is 26.2 Å². The fourth-order valence-electron chi connectivity index (χ4n) is 3.18. The number of thioether (sulfide) groups is 1. The van der Waals surface area contributed by atoms with E-state index >= 15 is 0 Å². The van der Waals surface area contributed by atoms with Gasteiger partial charge < -0.3 is 31.9 Å². The Labute approximate surface area is 204 Å². The average molecular weight is 497 g/mol. The number of carbonyl (C=O) groups is 4. The molecule has 4 atom stereocenters. The van der Waals surface area contributed by atoms with Crippen LogP contribution in [0.25, 0.3) is 0 Å². The van der Waals surface area contributed by atoms with E-state index < -0.39 is 54.5 Å². The molecule has 0 aliphatic heterocycles. The summed E-state index contributed by atoms with van der Waals surface area (Å²) in [7, 11) is 0. The summed E-state index contributed by atoms with van der Waals surface area (Å²) in [5.74, 6) is -2.55. The molecule has 0 saturated heterocycles. The highest BCUT2D eigenvalue weighted by Crippen LogP contribution is 2.07. The smallest absolute Gasteiger partial charge is 0.326 e. The maximum absolute atomic E-state index is 13.0. The molecule has 0 spiro atoms. The number of benzene rings is 1. The lowest BCUT2D eigenvalue weighted by molar-refractivity contribution is -0.142. The van der Waals surface area contributed by atoms with E-state index in [1.165, 1.54) is 11.8 Å². The highest BCUT2D eigenvalue weighted by molar-refractivity contribution is 7.98. The van der Waals surface area contributed by atoms with Gasteiger partial charge in [-0.25, -0.2) is 4.79 Å². The number of aliphatic hydroxyl groups excluding tert-OH is 1. The van der Waals surface area contributed by atoms with Gasteiger partial charge in [0.2, 0.25) is 17.7 Å². The molecule has 0 radical (unpaired) electrons. The minimum Gasteiger partial charge on any atom is -0.480 e. The Morgan fingerprint density at radius 1 is 0.941 bits per heavy atom. The second kappa shape index (κ2) is 15.3. The number of hydrogen-bond acceptors (Lipinski definition) is 7. The number of amides is 3. The van der Waals surface area contributed by atoms with Gasteiger partial charge >= 0.3 is 5.97 Å². The van der Waals surface area contributed by atoms with Crippen LogP contribution in [0, 0.1) is 5.92 Å². The molecule has 1 rings (SSSR count). The molecule has 0 aliphatic rings. The van der Waals surface area contributed by atoms with Gasteiger partial charge in [0.15, 0.2) is 0 Å². The average Bonchev–Trinajstić information content (AvgIpc) is 2.79. The standard InChI is InChI=1S/C23H36N4O6S/c1-14(2)11-16(24)20(29)26-18(12-15-7-5-4-6-8-15)21(30)27-19(13-28)22(31)25-17(23(32)33)9-10-34-3/h4-8,14,16-19,28H,9-13,24H2,1-3H3,(H,25,31)(H,26,29)(H,27,30)(H,32,33). The van der Waals surface area contributed by atoms with E-state index in [2.05, 4.69) is 16.0 Å². The topological polar surface area (TPSA) is 171 Å². The van der Waals surface area contributed by atoms with Crippen LogP contribution in [0.4, 0.5) is 0 Å². The molecule has 0 aliphatic carbocycles. The number of nitrogens with one attached hydrogen (secondary N) is 3. The summed E-state index contributed by atoms with van der Waals surface area (Å²) in [6.07, 6.45) is 2.57. The zero-order chi connectivity index (χ0) is 25.7. The number of carboxylic acids is 1. The number of hydrogen-bond donors (Lipinski definition) is 6. The van der Waals surface area contributed by atoms with Crippen LogP contribution in [0.15, 0.2) is 30.3 Å². The van der Waals surface area contributed by atoms with Gasteiger partial charge in [-0.3, -0.25) is 14.4 Å². The van der Waals surface area contributed by atoms with Crippen LogP contribution in [0.2, 0.25) is 0 Å². The van der Waals surface area contributed by atoms with Crippen molar-refractivity contribution in [2.75, 3.05) is 18.6 Å². The lowest BCUT2D eigenvalue weighted by atomic mass is 10.0. The predicted octanol–water partition coefficient (Wildman–Crippen LogP) is -0.113. The third-order valence-electron chi connectivity index (χ3n) is 5.02. The highest BCUT2D eigenvalue weighted by atomic mass is 32.2. The van der Waals surface area contributed by atoms with Crippen LogP contribution in [-0.2, 0) is 25.6 Å². The molecular formula is C23H36N4O6S. The Bertz CT molecular complexity index is 808. The van der Waals surface area contributed by atoms with E-state index in [-0.39, 0.29) is 18.8 Å². The molecule has 190 valence electrons. The Morgan fingerprint density at radius 3 is 2.03 bits per heavy atom. The summed E-state index contributed by atoms with van der Waals surface area (Å²) in [4.78, 5) is 49.6. The van der Waals surface area contributed by atoms with Crippen LogP contribution in [0.1, 0.15) is 32.3 Å². The number of carboxylic acid groups (broad SMARTS) is 1. The molecule has 0 saturated carbocycles. The second-order valence-electron chi connectivity index (χ2n) is 8.41. The number of aliphatic hydroxyl groups is 1. The molecule has 0 heterocycles. The number of carbonyl (C=O) groups excluding carboxylic acids is 3. The van der Waals surface area contributed by atoms with Crippen LogP contribution in [-0.4, -0.2) is 76.7 Å². The first kappa shape index (κ1) is 29.4. The molecule has 0 aromatic heterocycles. The van der Waals surface area contributed by atoms with Crippen molar-refractivity contribution in [2.24, 2.45) is 11.7 Å². The van der Waals surface area contributed by atoms with E-state index in [0.717, 1.165) is 5.56 Å². The third-order valence-corrected chi connectivity index (χ3v) is 5.66. The van der Waals surface area contributed by atoms with Crippen molar-refractivity contribution < 1.29 is 29.4 Å². The molecular weight excluding hydrogens is 460 g/mol. The van der Waals surface area contributed by atoms with Crippen LogP contribution >= 0.6 is 11.8 Å². The fraction of sp³-hybridized carbons (Fsp3) is 0.565. The van der Waals surface area contributed by atoms with E-state index in [0.29, 0.717) is 12.2 Å². The van der Waals surface area contributed by atoms with E-state index in [9.17, 15) is 29.4 Å². The van der Waals surface area contributed by atoms with Crippen LogP contribution < -0.4 is 21.7 Å². The summed E-state index contributed by atoms with van der Waals surface area (Å²) in [6, 6.07) is 4.58. The van der Waals surface area contributed by atoms with Gasteiger partial charge in [0, 0.05) is 6.42 Å². The molecule has 7 N–H and O–H groups in total. The number of nitrogens with two attached hydrogens (primary N) is 1. The lowest BCUT2D eigenvalue weighted by Crippen LogP contribution is -2.58. The van der Waals surface area contributed by atoms with Crippen LogP contribution in [0.5, 0.6) is 0 Å². The lowest BCUT2D eigenvalue weighted by Gasteiger charge is -2.24. The molecule has 3 amide bonds. The van der Waals surface area contributed by atoms with Gasteiger partial charge in [0.1, 0.15) is 18.1 Å². The normalized spacial score (nSPS) is 14.5. The Morgan fingerprint density at radius 2 is 1.50 bits per heavy atom. The first-order chi connectivity index (χ1) is 16.1. The SMILES string of the molecule is CSCCC(NC(=O)C(CO)NC(=O)C(Cc1ccccc1)NC(=O)C(N)CC(C)C)C(=O)O. The molecule has 4 unspecified atom stereocenters. The molecule has 1 aromatic rings. The van der Waals surface area contributed by atoms with Crippen molar-refractivity contribution in [1.82, 2.24) is 16.0 Å². The van der Waals surface area contributed by atoms with Crippen molar-refractivity contribution in [1.29, 1.82) is 0 Å². The number of rotatable bonds is 15. The first-order valence-electron chi connectivity index (χ1n) is 11.1. The van der Waals surface area contributed by atoms with Gasteiger partial charge in [-0.2, -0.15) is 11.8 Å². The zero-order valence-corrected chi connectivity index (χ0v) is 20.6. The van der Waals surface area contributed by atoms with Gasteiger partial charge in [0.25, 0.3) is 0 Å². The molecule has 0 fully saturated rings. The Kier molecular flexibility index (Phi) is 13.2. The first-order valence-corrected chi connectivity index (χ1v) is 12.5. The summed E-state index contributed by atoms with van der Waals surface area (Å²) < 4.78 is 0. The van der Waals surface area contributed by atoms with Crippen molar-refractivity contribution in [3.05, 3.63) is 35.9 Å². The molecule has 11 heteroatoms. The minimum absolute atomic E-state index is 0.137. The van der Waals surface area contributed by atoms with Crippen molar-refractivity contribution in [2.45, 2.75) is 57.3 Å². The van der Waals surface area contributed by atoms with Gasteiger partial charge in [-0.15, -0.1) is 0 Å². The fourth-order valence-corrected chi connectivity index (χ4v) is 3.66. The van der Waals surface area contributed by atoms with Crippen molar-refractivity contribution >= 4 is 35.5 Å². The summed E-state index contributed by atoms with van der Waals surface area (Å²) in [5, 5.41) is 26.4. The van der Waals surface area contributed by atoms with Crippen molar-refractivity contribution in [3.8, 4) is 0 Å². The monoisotopic (exact) mass is 496 g/mol. The second-order valence-corrected chi connectivity index (χ2v) is 9.40. The number of aliphatic carboxylic acids is 1. The predicted molar refractivity (Wildman–Crippen MR) is 131 cm³/mol. The van der Waals surface area contributed by atoms with Gasteiger partial charge in [0.05, 0.1) is 12.6 Å². The molecule has 10 nitrogen and oxygen atoms in total. The maximum Gasteiger partial charge on any atom is 0.326 e. The maximum atomic E-state index is 13.0. The summed E-state index contributed by atoms with van der Waals surface area (Å²) in [5.41, 5.74) is 6.73. The van der Waals surface area contributed by atoms with E-state index in [1.54, 1.807) is 24.3 Å². The van der Waals surface area contributed by atoms with Gasteiger partial charge in [-0.1, -0.05) is 44.2 Å². The molecule has 0 bridgehead atoms. The summed E-state index contributed by atoms with van der Waals surface area (Å²) in [6.45, 7) is 3.11. The Balaban J connectivity index is 2.95. The van der Waals surface area contributed by atoms with Gasteiger partial charge in [-0.05, 0) is 36.3 Å².